The molecule has 1 aromatic heterocycles. The van der Waals surface area contributed by atoms with Gasteiger partial charge in [-0.05, 0) is 18.6 Å². The summed E-state index contributed by atoms with van der Waals surface area (Å²) in [4.78, 5) is 15.0. The summed E-state index contributed by atoms with van der Waals surface area (Å²) in [6.07, 6.45) is -2.68. The minimum Gasteiger partial charge on any atom is -0.465 e. The summed E-state index contributed by atoms with van der Waals surface area (Å²) in [6, 6.07) is 1.16. The Kier molecular flexibility index (Phi) is 3.89. The van der Waals surface area contributed by atoms with Crippen LogP contribution in [0.2, 0.25) is 0 Å². The number of esters is 1. The van der Waals surface area contributed by atoms with Crippen molar-refractivity contribution in [1.82, 2.24) is 4.98 Å². The minimum atomic E-state index is -2.68. The highest BCUT2D eigenvalue weighted by Crippen LogP contribution is 2.22. The van der Waals surface area contributed by atoms with Crippen molar-refractivity contribution in [2.24, 2.45) is 5.73 Å². The van der Waals surface area contributed by atoms with Crippen LogP contribution in [0.4, 0.5) is 8.78 Å². The Balaban J connectivity index is 3.34. The van der Waals surface area contributed by atoms with E-state index in [1.165, 1.54) is 7.11 Å². The summed E-state index contributed by atoms with van der Waals surface area (Å²) in [5.41, 5.74) is 5.66. The van der Waals surface area contributed by atoms with Crippen molar-refractivity contribution < 1.29 is 18.3 Å². The first-order chi connectivity index (χ1) is 7.51. The minimum absolute atomic E-state index is 0.0914. The normalized spacial score (nSPS) is 10.6. The lowest BCUT2D eigenvalue weighted by Crippen LogP contribution is -2.14. The number of ether oxygens (including phenoxy) is 1. The van der Waals surface area contributed by atoms with Gasteiger partial charge in [-0.3, -0.25) is 0 Å². The third-order valence-corrected chi connectivity index (χ3v) is 2.12. The molecule has 0 unspecified atom stereocenters. The van der Waals surface area contributed by atoms with E-state index in [2.05, 4.69) is 9.72 Å². The maximum atomic E-state index is 12.5. The monoisotopic (exact) mass is 230 g/mol. The summed E-state index contributed by atoms with van der Waals surface area (Å²) < 4.78 is 29.5. The average molecular weight is 230 g/mol. The van der Waals surface area contributed by atoms with Crippen LogP contribution in [0.5, 0.6) is 0 Å². The molecule has 0 bridgehead atoms. The van der Waals surface area contributed by atoms with E-state index >= 15 is 0 Å². The van der Waals surface area contributed by atoms with E-state index in [1.54, 1.807) is 6.92 Å². The highest BCUT2D eigenvalue weighted by atomic mass is 19.3. The number of nitrogens with zero attached hydrogens (tertiary/aromatic N) is 1. The largest absolute Gasteiger partial charge is 0.465 e. The zero-order chi connectivity index (χ0) is 12.3. The van der Waals surface area contributed by atoms with Crippen molar-refractivity contribution in [3.63, 3.8) is 0 Å². The first-order valence-corrected chi connectivity index (χ1v) is 4.58. The molecular formula is C10H12F2N2O2. The number of nitrogens with two attached hydrogens (primary N) is 1. The quantitative estimate of drug-likeness (QED) is 0.800. The number of methoxy groups -OCH3 is 1. The van der Waals surface area contributed by atoms with Crippen LogP contribution < -0.4 is 5.73 Å². The van der Waals surface area contributed by atoms with Gasteiger partial charge in [-0.15, -0.1) is 0 Å². The van der Waals surface area contributed by atoms with E-state index < -0.39 is 12.4 Å². The maximum absolute atomic E-state index is 12.5. The number of carbonyl (C=O) groups excluding carboxylic acids is 1. The lowest BCUT2D eigenvalue weighted by atomic mass is 10.1. The van der Waals surface area contributed by atoms with Gasteiger partial charge >= 0.3 is 5.97 Å². The molecule has 0 spiro atoms. The van der Waals surface area contributed by atoms with Gasteiger partial charge in [0.25, 0.3) is 6.43 Å². The second-order valence-corrected chi connectivity index (χ2v) is 3.18. The van der Waals surface area contributed by atoms with Gasteiger partial charge in [0.1, 0.15) is 5.69 Å². The fourth-order valence-corrected chi connectivity index (χ4v) is 1.41. The average Bonchev–Trinajstić information content (AvgIpc) is 2.26. The Bertz CT molecular complexity index is 408. The van der Waals surface area contributed by atoms with Crippen LogP contribution >= 0.6 is 0 Å². The number of hydrogen-bond acceptors (Lipinski definition) is 4. The van der Waals surface area contributed by atoms with Gasteiger partial charge in [-0.1, -0.05) is 0 Å². The Hall–Kier alpha value is -1.56. The number of halogens is 2. The molecule has 0 atom stereocenters. The van der Waals surface area contributed by atoms with E-state index in [-0.39, 0.29) is 23.5 Å². The molecule has 88 valence electrons. The molecule has 6 heteroatoms. The predicted octanol–water partition coefficient (Wildman–Crippen LogP) is 1.57. The van der Waals surface area contributed by atoms with Crippen molar-refractivity contribution >= 4 is 5.97 Å². The number of aromatic nitrogens is 1. The molecule has 16 heavy (non-hydrogen) atoms. The summed E-state index contributed by atoms with van der Waals surface area (Å²) in [5, 5.41) is 0. The van der Waals surface area contributed by atoms with E-state index in [4.69, 9.17) is 5.73 Å². The first kappa shape index (κ1) is 12.5. The van der Waals surface area contributed by atoms with Gasteiger partial charge in [-0.25, -0.2) is 18.6 Å². The molecule has 1 aromatic rings. The molecule has 0 aliphatic carbocycles. The smallest absolute Gasteiger partial charge is 0.340 e. The van der Waals surface area contributed by atoms with Gasteiger partial charge in [0.2, 0.25) is 0 Å². The van der Waals surface area contributed by atoms with E-state index in [0.29, 0.717) is 5.56 Å². The first-order valence-electron chi connectivity index (χ1n) is 4.58. The fourth-order valence-electron chi connectivity index (χ4n) is 1.41. The van der Waals surface area contributed by atoms with Crippen molar-refractivity contribution in [3.8, 4) is 0 Å². The molecular weight excluding hydrogens is 218 g/mol. The Morgan fingerprint density at radius 1 is 1.62 bits per heavy atom. The highest BCUT2D eigenvalue weighted by Gasteiger charge is 2.19. The number of aryl methyl sites for hydroxylation is 1. The number of alkyl halides is 2. The SMILES string of the molecule is COC(=O)c1c(C)cc(C(F)F)nc1CN. The number of pyridine rings is 1. The van der Waals surface area contributed by atoms with E-state index in [1.807, 2.05) is 0 Å². The van der Waals surface area contributed by atoms with Gasteiger partial charge in [-0.2, -0.15) is 0 Å². The van der Waals surface area contributed by atoms with Crippen LogP contribution in [0, 0.1) is 6.92 Å². The maximum Gasteiger partial charge on any atom is 0.340 e. The fraction of sp³-hybridized carbons (Fsp3) is 0.400. The van der Waals surface area contributed by atoms with Crippen LogP contribution in [0.3, 0.4) is 0 Å². The molecule has 0 fully saturated rings. The summed E-state index contributed by atoms with van der Waals surface area (Å²) in [7, 11) is 1.21. The van der Waals surface area contributed by atoms with E-state index in [9.17, 15) is 13.6 Å². The third-order valence-electron chi connectivity index (χ3n) is 2.12. The van der Waals surface area contributed by atoms with Crippen LogP contribution in [0.15, 0.2) is 6.07 Å². The molecule has 0 aliphatic heterocycles. The van der Waals surface area contributed by atoms with E-state index in [0.717, 1.165) is 6.07 Å². The molecule has 0 amide bonds. The van der Waals surface area contributed by atoms with Crippen LogP contribution in [0.1, 0.15) is 33.7 Å². The summed E-state index contributed by atoms with van der Waals surface area (Å²) in [5.74, 6) is -0.619. The topological polar surface area (TPSA) is 65.2 Å². The standard InChI is InChI=1S/C10H12F2N2O2/c1-5-3-6(9(11)12)14-7(4-13)8(5)10(15)16-2/h3,9H,4,13H2,1-2H3. The number of rotatable bonds is 3. The number of hydrogen-bond donors (Lipinski definition) is 1. The highest BCUT2D eigenvalue weighted by molar-refractivity contribution is 5.92. The Morgan fingerprint density at radius 2 is 2.25 bits per heavy atom. The number of carbonyl (C=O) groups is 1. The second kappa shape index (κ2) is 4.98. The summed E-state index contributed by atoms with van der Waals surface area (Å²) in [6.45, 7) is 1.45. The molecule has 1 heterocycles. The van der Waals surface area contributed by atoms with Crippen molar-refractivity contribution in [2.45, 2.75) is 19.9 Å². The van der Waals surface area contributed by atoms with Crippen LogP contribution in [0.25, 0.3) is 0 Å². The van der Waals surface area contributed by atoms with Crippen molar-refractivity contribution in [3.05, 3.63) is 28.6 Å². The molecule has 2 N–H and O–H groups in total. The zero-order valence-electron chi connectivity index (χ0n) is 8.96. The molecule has 0 aliphatic rings. The molecule has 1 rings (SSSR count). The Labute approximate surface area is 91.4 Å². The molecule has 0 saturated heterocycles. The third kappa shape index (κ3) is 2.33. The summed E-state index contributed by atoms with van der Waals surface area (Å²) >= 11 is 0. The molecule has 0 aromatic carbocycles. The lowest BCUT2D eigenvalue weighted by Gasteiger charge is -2.10. The van der Waals surface area contributed by atoms with Gasteiger partial charge < -0.3 is 10.5 Å². The molecule has 0 saturated carbocycles. The van der Waals surface area contributed by atoms with Gasteiger partial charge in [0, 0.05) is 6.54 Å². The zero-order valence-corrected chi connectivity index (χ0v) is 8.96. The van der Waals surface area contributed by atoms with Crippen molar-refractivity contribution in [1.29, 1.82) is 0 Å². The molecule has 4 nitrogen and oxygen atoms in total. The second-order valence-electron chi connectivity index (χ2n) is 3.18. The van der Waals surface area contributed by atoms with Crippen LogP contribution in [-0.2, 0) is 11.3 Å². The van der Waals surface area contributed by atoms with Crippen molar-refractivity contribution in [2.75, 3.05) is 7.11 Å². The van der Waals surface area contributed by atoms with Gasteiger partial charge in [0.15, 0.2) is 0 Å². The Morgan fingerprint density at radius 3 is 2.69 bits per heavy atom. The van der Waals surface area contributed by atoms with Gasteiger partial charge in [0.05, 0.1) is 18.4 Å². The predicted molar refractivity (Wildman–Crippen MR) is 53.2 cm³/mol. The van der Waals surface area contributed by atoms with Crippen LogP contribution in [-0.4, -0.2) is 18.1 Å². The molecule has 0 radical (unpaired) electrons. The lowest BCUT2D eigenvalue weighted by molar-refractivity contribution is 0.0597.